The number of aliphatic hydroxyl groups is 1. The summed E-state index contributed by atoms with van der Waals surface area (Å²) in [5.41, 5.74) is 7.46. The van der Waals surface area contributed by atoms with Crippen molar-refractivity contribution in [2.45, 2.75) is 57.1 Å². The lowest BCUT2D eigenvalue weighted by Crippen LogP contribution is -2.50. The van der Waals surface area contributed by atoms with Crippen molar-refractivity contribution in [1.82, 2.24) is 9.88 Å². The van der Waals surface area contributed by atoms with Crippen LogP contribution in [0.2, 0.25) is 0 Å². The van der Waals surface area contributed by atoms with Gasteiger partial charge in [-0.2, -0.15) is 0 Å². The van der Waals surface area contributed by atoms with E-state index in [4.69, 9.17) is 10.7 Å². The van der Waals surface area contributed by atoms with Gasteiger partial charge in [0.05, 0.1) is 11.5 Å². The number of pyridine rings is 1. The van der Waals surface area contributed by atoms with Gasteiger partial charge in [-0.1, -0.05) is 12.1 Å². The molecule has 3 N–H and O–H groups in total. The van der Waals surface area contributed by atoms with Crippen LogP contribution in [0.5, 0.6) is 0 Å². The van der Waals surface area contributed by atoms with Gasteiger partial charge in [0.15, 0.2) is 0 Å². The molecule has 3 heterocycles. The van der Waals surface area contributed by atoms with Crippen LogP contribution in [0.4, 0.5) is 5.82 Å². The molecule has 7 heteroatoms. The third-order valence-corrected chi connectivity index (χ3v) is 7.80. The number of nitrogens with zero attached hydrogens (tertiary/aromatic N) is 3. The second-order valence-electron chi connectivity index (χ2n) is 9.86. The van der Waals surface area contributed by atoms with Gasteiger partial charge >= 0.3 is 0 Å². The number of aromatic nitrogens is 1. The minimum Gasteiger partial charge on any atom is -0.393 e. The minimum atomic E-state index is -0.435. The number of rotatable bonds is 4. The first-order valence-corrected chi connectivity index (χ1v) is 12.1. The van der Waals surface area contributed by atoms with Gasteiger partial charge in [-0.25, -0.2) is 4.98 Å². The van der Waals surface area contributed by atoms with E-state index in [1.807, 2.05) is 30.5 Å². The summed E-state index contributed by atoms with van der Waals surface area (Å²) in [7, 11) is 0. The summed E-state index contributed by atoms with van der Waals surface area (Å²) < 4.78 is 0. The fourth-order valence-corrected chi connectivity index (χ4v) is 5.84. The molecule has 2 saturated heterocycles. The number of benzene rings is 1. The van der Waals surface area contributed by atoms with Gasteiger partial charge in [0.2, 0.25) is 11.8 Å². The van der Waals surface area contributed by atoms with E-state index in [2.05, 4.69) is 9.80 Å². The van der Waals surface area contributed by atoms with Crippen molar-refractivity contribution < 1.29 is 14.7 Å². The first-order valence-electron chi connectivity index (χ1n) is 12.1. The molecule has 33 heavy (non-hydrogen) atoms. The summed E-state index contributed by atoms with van der Waals surface area (Å²) in [6.07, 6.45) is 7.92. The Morgan fingerprint density at radius 2 is 1.73 bits per heavy atom. The predicted molar refractivity (Wildman–Crippen MR) is 127 cm³/mol. The summed E-state index contributed by atoms with van der Waals surface area (Å²) >= 11 is 0. The highest BCUT2D eigenvalue weighted by Crippen LogP contribution is 2.43. The van der Waals surface area contributed by atoms with Crippen LogP contribution in [0.15, 0.2) is 42.6 Å². The molecule has 1 aromatic carbocycles. The van der Waals surface area contributed by atoms with Gasteiger partial charge in [0, 0.05) is 43.0 Å². The molecule has 7 nitrogen and oxygen atoms in total. The Hall–Kier alpha value is -2.93. The highest BCUT2D eigenvalue weighted by molar-refractivity contribution is 5.93. The number of likely N-dealkylation sites (tertiary alicyclic amines) is 1. The van der Waals surface area contributed by atoms with Crippen LogP contribution in [0.25, 0.3) is 11.1 Å². The number of primary amides is 1. The van der Waals surface area contributed by atoms with E-state index >= 15 is 0 Å². The number of nitrogens with two attached hydrogens (primary N) is 1. The first-order chi connectivity index (χ1) is 15.9. The number of carbonyl (C=O) groups is 2. The molecule has 1 aliphatic carbocycles. The first kappa shape index (κ1) is 21.9. The molecule has 0 bridgehead atoms. The number of anilines is 1. The fraction of sp³-hybridized carbons (Fsp3) is 0.500. The van der Waals surface area contributed by atoms with Crippen LogP contribution in [-0.2, 0) is 4.79 Å². The van der Waals surface area contributed by atoms with Crippen molar-refractivity contribution in [1.29, 1.82) is 0 Å². The van der Waals surface area contributed by atoms with Crippen molar-refractivity contribution in [3.8, 4) is 11.1 Å². The van der Waals surface area contributed by atoms with E-state index in [0.29, 0.717) is 11.5 Å². The van der Waals surface area contributed by atoms with E-state index < -0.39 is 5.91 Å². The average molecular weight is 449 g/mol. The van der Waals surface area contributed by atoms with Crippen LogP contribution in [-0.4, -0.2) is 58.6 Å². The number of hydrogen-bond donors (Lipinski definition) is 2. The summed E-state index contributed by atoms with van der Waals surface area (Å²) in [4.78, 5) is 33.9. The Balaban J connectivity index is 1.28. The lowest BCUT2D eigenvalue weighted by atomic mass is 9.78. The van der Waals surface area contributed by atoms with Gasteiger partial charge in [-0.15, -0.1) is 0 Å². The number of piperidine rings is 1. The van der Waals surface area contributed by atoms with Gasteiger partial charge in [-0.3, -0.25) is 9.59 Å². The molecule has 1 aromatic heterocycles. The molecule has 3 fully saturated rings. The van der Waals surface area contributed by atoms with E-state index in [1.54, 1.807) is 12.1 Å². The number of aliphatic hydroxyl groups excluding tert-OH is 1. The molecule has 1 atom stereocenters. The molecular weight excluding hydrogens is 416 g/mol. The van der Waals surface area contributed by atoms with Crippen molar-refractivity contribution in [2.75, 3.05) is 24.5 Å². The van der Waals surface area contributed by atoms with Crippen molar-refractivity contribution >= 4 is 17.6 Å². The predicted octanol–water partition coefficient (Wildman–Crippen LogP) is 2.97. The smallest absolute Gasteiger partial charge is 0.248 e. The topological polar surface area (TPSA) is 99.8 Å². The number of carbonyl (C=O) groups excluding carboxylic acids is 2. The molecule has 2 aromatic rings. The van der Waals surface area contributed by atoms with Crippen LogP contribution in [0.1, 0.15) is 55.3 Å². The zero-order valence-electron chi connectivity index (χ0n) is 18.9. The molecule has 1 unspecified atom stereocenters. The quantitative estimate of drug-likeness (QED) is 0.749. The van der Waals surface area contributed by atoms with Crippen LogP contribution < -0.4 is 10.6 Å². The Morgan fingerprint density at radius 3 is 2.39 bits per heavy atom. The maximum absolute atomic E-state index is 13.5. The van der Waals surface area contributed by atoms with Gasteiger partial charge in [0.1, 0.15) is 5.82 Å². The van der Waals surface area contributed by atoms with Crippen LogP contribution >= 0.6 is 0 Å². The maximum atomic E-state index is 13.5. The molecule has 0 radical (unpaired) electrons. The third-order valence-electron chi connectivity index (χ3n) is 7.80. The summed E-state index contributed by atoms with van der Waals surface area (Å²) in [5, 5.41) is 9.83. The maximum Gasteiger partial charge on any atom is 0.248 e. The lowest BCUT2D eigenvalue weighted by molar-refractivity contribution is -0.139. The van der Waals surface area contributed by atoms with Crippen LogP contribution in [0.3, 0.4) is 0 Å². The molecule has 2 amide bonds. The number of hydrogen-bond acceptors (Lipinski definition) is 5. The zero-order chi connectivity index (χ0) is 23.0. The molecule has 5 rings (SSSR count). The van der Waals surface area contributed by atoms with Crippen LogP contribution in [0, 0.1) is 5.41 Å². The third kappa shape index (κ3) is 4.22. The molecular formula is C26H32N4O3. The van der Waals surface area contributed by atoms with E-state index in [9.17, 15) is 14.7 Å². The number of amides is 2. The highest BCUT2D eigenvalue weighted by atomic mass is 16.3. The van der Waals surface area contributed by atoms with Crippen molar-refractivity contribution in [2.24, 2.45) is 11.1 Å². The standard InChI is InChI=1S/C26H32N4O3/c27-24(32)19-4-2-18(3-5-19)20-6-11-23(28-16-20)29-14-1-12-26(17-29)13-15-30(25(26)33)21-7-9-22(31)10-8-21/h2-6,11,16,21-22,31H,1,7-10,12-15,17H2,(H2,27,32). The second-order valence-corrected chi connectivity index (χ2v) is 9.86. The molecule has 174 valence electrons. The summed E-state index contributed by atoms with van der Waals surface area (Å²) in [5.74, 6) is 0.772. The Bertz CT molecular complexity index is 1010. The Morgan fingerprint density at radius 1 is 1.00 bits per heavy atom. The van der Waals surface area contributed by atoms with E-state index in [0.717, 1.165) is 81.5 Å². The normalized spacial score (nSPS) is 27.8. The van der Waals surface area contributed by atoms with Gasteiger partial charge in [0.25, 0.3) is 0 Å². The summed E-state index contributed by atoms with van der Waals surface area (Å²) in [6, 6.07) is 11.6. The highest BCUT2D eigenvalue weighted by Gasteiger charge is 2.50. The van der Waals surface area contributed by atoms with E-state index in [-0.39, 0.29) is 17.6 Å². The van der Waals surface area contributed by atoms with Gasteiger partial charge < -0.3 is 20.6 Å². The zero-order valence-corrected chi connectivity index (χ0v) is 18.9. The van der Waals surface area contributed by atoms with Crippen molar-refractivity contribution in [3.05, 3.63) is 48.2 Å². The summed E-state index contributed by atoms with van der Waals surface area (Å²) in [6.45, 7) is 2.46. The minimum absolute atomic E-state index is 0.201. The molecule has 2 aliphatic heterocycles. The molecule has 1 spiro atoms. The Kier molecular flexibility index (Phi) is 5.83. The lowest BCUT2D eigenvalue weighted by Gasteiger charge is -2.41. The molecule has 3 aliphatic rings. The van der Waals surface area contributed by atoms with Gasteiger partial charge in [-0.05, 0) is 74.8 Å². The van der Waals surface area contributed by atoms with Crippen molar-refractivity contribution in [3.63, 3.8) is 0 Å². The fourth-order valence-electron chi connectivity index (χ4n) is 5.84. The monoisotopic (exact) mass is 448 g/mol. The van der Waals surface area contributed by atoms with E-state index in [1.165, 1.54) is 0 Å². The SMILES string of the molecule is NC(=O)c1ccc(-c2ccc(N3CCCC4(CCN(C5CCC(O)CC5)C4=O)C3)nc2)cc1. The molecule has 1 saturated carbocycles. The Labute approximate surface area is 194 Å². The largest absolute Gasteiger partial charge is 0.393 e. The second kappa shape index (κ2) is 8.78. The average Bonchev–Trinajstić information content (AvgIpc) is 3.15.